The summed E-state index contributed by atoms with van der Waals surface area (Å²) in [6.45, 7) is 1.41. The zero-order valence-electron chi connectivity index (χ0n) is 12.8. The SMILES string of the molecule is O=c1[nH]c(CN2CC3CCC2[C@@H]3O)nc2c1oc1ccc(Br)cc12. The predicted molar refractivity (Wildman–Crippen MR) is 92.8 cm³/mol. The van der Waals surface area contributed by atoms with Gasteiger partial charge in [0.2, 0.25) is 5.58 Å². The molecule has 2 aliphatic rings. The summed E-state index contributed by atoms with van der Waals surface area (Å²) < 4.78 is 6.57. The standard InChI is InChI=1S/C17H16BrN3O3/c18-9-2-4-12-10(5-9)14-16(24-12)17(23)20-13(19-14)7-21-6-8-1-3-11(21)15(8)22/h2,4-5,8,11,15,22H,1,3,6-7H2,(H,19,20,23)/t8?,11?,15-/m1/s1. The van der Waals surface area contributed by atoms with Gasteiger partial charge >= 0.3 is 0 Å². The molecule has 2 unspecified atom stereocenters. The largest absolute Gasteiger partial charge is 0.449 e. The molecule has 2 N–H and O–H groups in total. The topological polar surface area (TPSA) is 82.4 Å². The Labute approximate surface area is 145 Å². The quantitative estimate of drug-likeness (QED) is 0.702. The van der Waals surface area contributed by atoms with Crippen LogP contribution in [0.4, 0.5) is 0 Å². The van der Waals surface area contributed by atoms with Crippen molar-refractivity contribution in [3.8, 4) is 0 Å². The molecule has 7 heteroatoms. The van der Waals surface area contributed by atoms with Crippen LogP contribution in [0.15, 0.2) is 31.9 Å². The van der Waals surface area contributed by atoms with Crippen molar-refractivity contribution < 1.29 is 9.52 Å². The summed E-state index contributed by atoms with van der Waals surface area (Å²) in [5.74, 6) is 0.978. The number of aliphatic hydroxyl groups is 1. The fraction of sp³-hybridized carbons (Fsp3) is 0.412. The molecule has 1 saturated heterocycles. The Morgan fingerprint density at radius 1 is 1.42 bits per heavy atom. The highest BCUT2D eigenvalue weighted by molar-refractivity contribution is 9.10. The average molecular weight is 390 g/mol. The molecule has 0 spiro atoms. The Bertz CT molecular complexity index is 1010. The summed E-state index contributed by atoms with van der Waals surface area (Å²) >= 11 is 3.45. The molecule has 6 nitrogen and oxygen atoms in total. The van der Waals surface area contributed by atoms with Crippen LogP contribution in [0.2, 0.25) is 0 Å². The second kappa shape index (κ2) is 5.15. The molecule has 1 aromatic carbocycles. The van der Waals surface area contributed by atoms with Crippen LogP contribution in [-0.2, 0) is 6.54 Å². The van der Waals surface area contributed by atoms with Gasteiger partial charge in [-0.25, -0.2) is 4.98 Å². The Hall–Kier alpha value is -1.70. The van der Waals surface area contributed by atoms with Gasteiger partial charge in [0.15, 0.2) is 0 Å². The van der Waals surface area contributed by atoms with Crippen LogP contribution in [0.3, 0.4) is 0 Å². The summed E-state index contributed by atoms with van der Waals surface area (Å²) in [6, 6.07) is 5.81. The molecule has 2 aromatic heterocycles. The van der Waals surface area contributed by atoms with Crippen molar-refractivity contribution in [1.29, 1.82) is 0 Å². The Kier molecular flexibility index (Phi) is 3.14. The average Bonchev–Trinajstić information content (AvgIpc) is 3.18. The number of benzene rings is 1. The van der Waals surface area contributed by atoms with Gasteiger partial charge in [-0.05, 0) is 37.0 Å². The molecule has 3 heterocycles. The van der Waals surface area contributed by atoms with Crippen LogP contribution in [0, 0.1) is 5.92 Å². The summed E-state index contributed by atoms with van der Waals surface area (Å²) in [5, 5.41) is 11.0. The second-order valence-electron chi connectivity index (χ2n) is 6.76. The first-order valence-electron chi connectivity index (χ1n) is 8.13. The van der Waals surface area contributed by atoms with Crippen molar-refractivity contribution in [1.82, 2.24) is 14.9 Å². The number of piperidine rings is 1. The van der Waals surface area contributed by atoms with Gasteiger partial charge in [0.05, 0.1) is 12.6 Å². The van der Waals surface area contributed by atoms with Crippen LogP contribution in [0.25, 0.3) is 22.1 Å². The number of rotatable bonds is 2. The van der Waals surface area contributed by atoms with E-state index in [2.05, 4.69) is 30.8 Å². The highest BCUT2D eigenvalue weighted by atomic mass is 79.9. The van der Waals surface area contributed by atoms with E-state index in [9.17, 15) is 9.90 Å². The Morgan fingerprint density at radius 2 is 2.29 bits per heavy atom. The summed E-state index contributed by atoms with van der Waals surface area (Å²) in [5.41, 5.74) is 1.25. The molecule has 2 fully saturated rings. The Morgan fingerprint density at radius 3 is 3.04 bits per heavy atom. The molecule has 1 aliphatic carbocycles. The van der Waals surface area contributed by atoms with Gasteiger partial charge in [-0.1, -0.05) is 15.9 Å². The minimum Gasteiger partial charge on any atom is -0.449 e. The number of likely N-dealkylation sites (tertiary alicyclic amines) is 1. The molecule has 1 aliphatic heterocycles. The van der Waals surface area contributed by atoms with Gasteiger partial charge in [0.25, 0.3) is 5.56 Å². The van der Waals surface area contributed by atoms with Crippen molar-refractivity contribution in [2.75, 3.05) is 6.54 Å². The summed E-state index contributed by atoms with van der Waals surface area (Å²) in [6.07, 6.45) is 1.86. The lowest BCUT2D eigenvalue weighted by Gasteiger charge is -2.25. The van der Waals surface area contributed by atoms with E-state index >= 15 is 0 Å². The van der Waals surface area contributed by atoms with E-state index < -0.39 is 0 Å². The first-order chi connectivity index (χ1) is 11.6. The number of aromatic nitrogens is 2. The minimum absolute atomic E-state index is 0.186. The second-order valence-corrected chi connectivity index (χ2v) is 7.67. The lowest BCUT2D eigenvalue weighted by atomic mass is 10.1. The zero-order chi connectivity index (χ0) is 16.4. The van der Waals surface area contributed by atoms with Gasteiger partial charge in [0.1, 0.15) is 16.9 Å². The molecular formula is C17H16BrN3O3. The molecule has 124 valence electrons. The zero-order valence-corrected chi connectivity index (χ0v) is 14.4. The monoisotopic (exact) mass is 389 g/mol. The maximum Gasteiger partial charge on any atom is 0.294 e. The molecule has 2 bridgehead atoms. The van der Waals surface area contributed by atoms with Crippen molar-refractivity contribution >= 4 is 38.0 Å². The van der Waals surface area contributed by atoms with E-state index in [0.717, 1.165) is 29.2 Å². The number of nitrogens with zero attached hydrogens (tertiary/aromatic N) is 2. The minimum atomic E-state index is -0.257. The van der Waals surface area contributed by atoms with Gasteiger partial charge in [-0.3, -0.25) is 9.69 Å². The molecule has 24 heavy (non-hydrogen) atoms. The fourth-order valence-corrected chi connectivity index (χ4v) is 4.56. The Balaban J connectivity index is 1.58. The van der Waals surface area contributed by atoms with Crippen molar-refractivity contribution in [2.45, 2.75) is 31.5 Å². The number of furan rings is 1. The number of aliphatic hydroxyl groups excluding tert-OH is 1. The van der Waals surface area contributed by atoms with Crippen LogP contribution in [0.1, 0.15) is 18.7 Å². The molecule has 0 amide bonds. The number of halogens is 1. The molecule has 1 saturated carbocycles. The third-order valence-corrected chi connectivity index (χ3v) is 5.83. The smallest absolute Gasteiger partial charge is 0.294 e. The van der Waals surface area contributed by atoms with E-state index in [1.165, 1.54) is 0 Å². The van der Waals surface area contributed by atoms with E-state index in [1.807, 2.05) is 18.2 Å². The molecule has 5 rings (SSSR count). The first kappa shape index (κ1) is 14.6. The predicted octanol–water partition coefficient (Wildman–Crippen LogP) is 2.39. The van der Waals surface area contributed by atoms with Crippen LogP contribution < -0.4 is 5.56 Å². The van der Waals surface area contributed by atoms with E-state index in [0.29, 0.717) is 29.4 Å². The van der Waals surface area contributed by atoms with E-state index in [1.54, 1.807) is 0 Å². The summed E-state index contributed by atoms with van der Waals surface area (Å²) in [4.78, 5) is 22.1. The van der Waals surface area contributed by atoms with Crippen molar-refractivity contribution in [3.63, 3.8) is 0 Å². The van der Waals surface area contributed by atoms with Crippen LogP contribution in [0.5, 0.6) is 0 Å². The lowest BCUT2D eigenvalue weighted by molar-refractivity contribution is 0.120. The number of hydrogen-bond acceptors (Lipinski definition) is 5. The van der Waals surface area contributed by atoms with Gasteiger partial charge in [0, 0.05) is 22.4 Å². The maximum absolute atomic E-state index is 12.4. The summed E-state index contributed by atoms with van der Waals surface area (Å²) in [7, 11) is 0. The third-order valence-electron chi connectivity index (χ3n) is 5.34. The number of aromatic amines is 1. The normalized spacial score (nSPS) is 26.8. The lowest BCUT2D eigenvalue weighted by Crippen LogP contribution is -2.35. The highest BCUT2D eigenvalue weighted by Gasteiger charge is 2.45. The number of nitrogens with one attached hydrogen (secondary N) is 1. The molecular weight excluding hydrogens is 374 g/mol. The molecule has 3 aromatic rings. The van der Waals surface area contributed by atoms with Crippen LogP contribution in [-0.4, -0.2) is 38.7 Å². The first-order valence-corrected chi connectivity index (χ1v) is 8.92. The van der Waals surface area contributed by atoms with Crippen molar-refractivity contribution in [2.24, 2.45) is 5.92 Å². The van der Waals surface area contributed by atoms with Crippen LogP contribution >= 0.6 is 15.9 Å². The molecule has 3 atom stereocenters. The number of hydrogen-bond donors (Lipinski definition) is 2. The number of fused-ring (bicyclic) bond motifs is 5. The third kappa shape index (κ3) is 2.08. The van der Waals surface area contributed by atoms with E-state index in [-0.39, 0.29) is 23.3 Å². The van der Waals surface area contributed by atoms with Gasteiger partial charge < -0.3 is 14.5 Å². The van der Waals surface area contributed by atoms with Crippen molar-refractivity contribution in [3.05, 3.63) is 38.9 Å². The van der Waals surface area contributed by atoms with Gasteiger partial charge in [-0.2, -0.15) is 0 Å². The number of H-pyrrole nitrogens is 1. The maximum atomic E-state index is 12.4. The molecule has 0 radical (unpaired) electrons. The fourth-order valence-electron chi connectivity index (χ4n) is 4.20. The van der Waals surface area contributed by atoms with E-state index in [4.69, 9.17) is 4.42 Å². The highest BCUT2D eigenvalue weighted by Crippen LogP contribution is 2.38. The van der Waals surface area contributed by atoms with Gasteiger partial charge in [-0.15, -0.1) is 0 Å².